The van der Waals surface area contributed by atoms with Crippen LogP contribution in [0.1, 0.15) is 0 Å². The molecule has 0 amide bonds. The van der Waals surface area contributed by atoms with E-state index in [0.717, 1.165) is 0 Å². The van der Waals surface area contributed by atoms with Crippen LogP contribution in [-0.2, 0) is 0 Å². The molecule has 10 heavy (non-hydrogen) atoms. The van der Waals surface area contributed by atoms with E-state index >= 15 is 0 Å². The molecule has 0 aliphatic carbocycles. The fourth-order valence-electron chi connectivity index (χ4n) is 0.624. The fraction of sp³-hybridized carbons (Fsp3) is 0. The van der Waals surface area contributed by atoms with Crippen molar-refractivity contribution in [3.05, 3.63) is 23.2 Å². The van der Waals surface area contributed by atoms with Gasteiger partial charge in [-0.3, -0.25) is 4.99 Å². The molecule has 0 saturated carbocycles. The number of rotatable bonds is 1. The van der Waals surface area contributed by atoms with Crippen LogP contribution in [0.5, 0.6) is 5.75 Å². The second-order valence-electron chi connectivity index (χ2n) is 1.79. The average Bonchev–Trinajstić information content (AvgIpc) is 1.88. The molecule has 0 radical (unpaired) electrons. The van der Waals surface area contributed by atoms with Crippen LogP contribution in [0.25, 0.3) is 0 Å². The lowest BCUT2D eigenvalue weighted by atomic mass is 10.3. The number of nitrogens with zero attached hydrogens (tertiary/aromatic N) is 1. The minimum Gasteiger partial charge on any atom is -0.508 e. The number of aliphatic imine (C=N–C) groups is 1. The SMILES string of the molecule is C=Nc1ccc(O)cc1Cl. The molecule has 1 aromatic carbocycles. The third kappa shape index (κ3) is 1.28. The van der Waals surface area contributed by atoms with E-state index in [1.807, 2.05) is 0 Å². The van der Waals surface area contributed by atoms with Crippen LogP contribution in [0.3, 0.4) is 0 Å². The average molecular weight is 156 g/mol. The maximum atomic E-state index is 8.89. The number of phenols is 1. The Morgan fingerprint density at radius 3 is 2.70 bits per heavy atom. The van der Waals surface area contributed by atoms with Gasteiger partial charge in [0.25, 0.3) is 0 Å². The second kappa shape index (κ2) is 2.71. The lowest BCUT2D eigenvalue weighted by Crippen LogP contribution is -1.67. The Kier molecular flexibility index (Phi) is 1.92. The molecular weight excluding hydrogens is 150 g/mol. The molecule has 0 aromatic heterocycles. The zero-order valence-corrected chi connectivity index (χ0v) is 5.97. The van der Waals surface area contributed by atoms with Crippen LogP contribution in [0.15, 0.2) is 23.2 Å². The molecule has 0 aliphatic heterocycles. The van der Waals surface area contributed by atoms with Crippen LogP contribution in [0.2, 0.25) is 5.02 Å². The van der Waals surface area contributed by atoms with Gasteiger partial charge >= 0.3 is 0 Å². The number of phenolic OH excluding ortho intramolecular Hbond substituents is 1. The van der Waals surface area contributed by atoms with Crippen molar-refractivity contribution >= 4 is 24.0 Å². The maximum Gasteiger partial charge on any atom is 0.117 e. The lowest BCUT2D eigenvalue weighted by Gasteiger charge is -1.95. The molecule has 0 bridgehead atoms. The van der Waals surface area contributed by atoms with E-state index in [4.69, 9.17) is 16.7 Å². The van der Waals surface area contributed by atoms with Crippen molar-refractivity contribution in [3.8, 4) is 5.75 Å². The third-order valence-corrected chi connectivity index (χ3v) is 1.40. The van der Waals surface area contributed by atoms with Crippen LogP contribution in [0, 0.1) is 0 Å². The first-order valence-corrected chi connectivity index (χ1v) is 3.07. The van der Waals surface area contributed by atoms with Gasteiger partial charge in [0.2, 0.25) is 0 Å². The summed E-state index contributed by atoms with van der Waals surface area (Å²) in [5, 5.41) is 9.30. The van der Waals surface area contributed by atoms with Crippen LogP contribution < -0.4 is 0 Å². The highest BCUT2D eigenvalue weighted by Crippen LogP contribution is 2.27. The highest BCUT2D eigenvalue weighted by molar-refractivity contribution is 6.33. The largest absolute Gasteiger partial charge is 0.508 e. The predicted octanol–water partition coefficient (Wildman–Crippen LogP) is 2.38. The van der Waals surface area contributed by atoms with Crippen molar-refractivity contribution < 1.29 is 5.11 Å². The standard InChI is InChI=1S/C7H6ClNO/c1-9-7-3-2-5(10)4-6(7)8/h2-4,10H,1H2. The summed E-state index contributed by atoms with van der Waals surface area (Å²) in [5.74, 6) is 0.136. The Labute approximate surface area is 63.8 Å². The van der Waals surface area contributed by atoms with Gasteiger partial charge in [-0.15, -0.1) is 0 Å². The van der Waals surface area contributed by atoms with E-state index in [1.165, 1.54) is 12.1 Å². The van der Waals surface area contributed by atoms with Crippen molar-refractivity contribution in [3.63, 3.8) is 0 Å². The van der Waals surface area contributed by atoms with Crippen LogP contribution in [0.4, 0.5) is 5.69 Å². The van der Waals surface area contributed by atoms with E-state index in [-0.39, 0.29) is 5.75 Å². The normalized spacial score (nSPS) is 9.30. The second-order valence-corrected chi connectivity index (χ2v) is 2.20. The highest BCUT2D eigenvalue weighted by atomic mass is 35.5. The van der Waals surface area contributed by atoms with E-state index in [0.29, 0.717) is 10.7 Å². The molecule has 52 valence electrons. The molecule has 0 spiro atoms. The molecule has 0 heterocycles. The summed E-state index contributed by atoms with van der Waals surface area (Å²) in [6.45, 7) is 3.31. The van der Waals surface area contributed by atoms with Gasteiger partial charge in [-0.25, -0.2) is 0 Å². The third-order valence-electron chi connectivity index (χ3n) is 1.10. The monoisotopic (exact) mass is 155 g/mol. The summed E-state index contributed by atoms with van der Waals surface area (Å²) in [7, 11) is 0. The molecule has 2 nitrogen and oxygen atoms in total. The van der Waals surface area contributed by atoms with E-state index in [1.54, 1.807) is 6.07 Å². The summed E-state index contributed by atoms with van der Waals surface area (Å²) < 4.78 is 0. The fourth-order valence-corrected chi connectivity index (χ4v) is 0.859. The van der Waals surface area contributed by atoms with E-state index in [2.05, 4.69) is 11.7 Å². The van der Waals surface area contributed by atoms with Crippen molar-refractivity contribution in [1.82, 2.24) is 0 Å². The van der Waals surface area contributed by atoms with Crippen molar-refractivity contribution in [2.45, 2.75) is 0 Å². The quantitative estimate of drug-likeness (QED) is 0.621. The Morgan fingerprint density at radius 1 is 1.50 bits per heavy atom. The zero-order valence-electron chi connectivity index (χ0n) is 5.21. The smallest absolute Gasteiger partial charge is 0.117 e. The Hall–Kier alpha value is -1.02. The summed E-state index contributed by atoms with van der Waals surface area (Å²) in [6.07, 6.45) is 0. The minimum absolute atomic E-state index is 0.136. The number of hydrogen-bond donors (Lipinski definition) is 1. The molecule has 1 rings (SSSR count). The predicted molar refractivity (Wildman–Crippen MR) is 42.3 cm³/mol. The number of halogens is 1. The first-order chi connectivity index (χ1) is 4.74. The van der Waals surface area contributed by atoms with E-state index in [9.17, 15) is 0 Å². The summed E-state index contributed by atoms with van der Waals surface area (Å²) >= 11 is 5.64. The molecule has 1 N–H and O–H groups in total. The summed E-state index contributed by atoms with van der Waals surface area (Å²) in [6, 6.07) is 4.53. The topological polar surface area (TPSA) is 32.6 Å². The van der Waals surface area contributed by atoms with Gasteiger partial charge in [0, 0.05) is 6.07 Å². The van der Waals surface area contributed by atoms with Crippen LogP contribution >= 0.6 is 11.6 Å². The Morgan fingerprint density at radius 2 is 2.20 bits per heavy atom. The molecule has 0 fully saturated rings. The lowest BCUT2D eigenvalue weighted by molar-refractivity contribution is 0.475. The van der Waals surface area contributed by atoms with Gasteiger partial charge in [-0.05, 0) is 18.9 Å². The highest BCUT2D eigenvalue weighted by Gasteiger charge is 1.96. The summed E-state index contributed by atoms with van der Waals surface area (Å²) in [4.78, 5) is 3.62. The molecular formula is C7H6ClNO. The van der Waals surface area contributed by atoms with Crippen molar-refractivity contribution in [2.24, 2.45) is 4.99 Å². The maximum absolute atomic E-state index is 8.89. The van der Waals surface area contributed by atoms with Gasteiger partial charge in [0.05, 0.1) is 10.7 Å². The van der Waals surface area contributed by atoms with E-state index < -0.39 is 0 Å². The van der Waals surface area contributed by atoms with Crippen molar-refractivity contribution in [2.75, 3.05) is 0 Å². The van der Waals surface area contributed by atoms with Crippen LogP contribution in [-0.4, -0.2) is 11.8 Å². The molecule has 1 aromatic rings. The van der Waals surface area contributed by atoms with Gasteiger partial charge in [-0.2, -0.15) is 0 Å². The molecule has 0 atom stereocenters. The number of benzene rings is 1. The first kappa shape index (κ1) is 7.09. The number of aromatic hydroxyl groups is 1. The molecule has 0 saturated heterocycles. The van der Waals surface area contributed by atoms with Gasteiger partial charge in [0.1, 0.15) is 5.75 Å². The van der Waals surface area contributed by atoms with Gasteiger partial charge in [-0.1, -0.05) is 11.6 Å². The molecule has 0 unspecified atom stereocenters. The Bertz CT molecular complexity index is 260. The minimum atomic E-state index is 0.136. The first-order valence-electron chi connectivity index (χ1n) is 2.69. The van der Waals surface area contributed by atoms with Gasteiger partial charge in [0.15, 0.2) is 0 Å². The van der Waals surface area contributed by atoms with Crippen molar-refractivity contribution in [1.29, 1.82) is 0 Å². The van der Waals surface area contributed by atoms with Gasteiger partial charge < -0.3 is 5.11 Å². The number of hydrogen-bond acceptors (Lipinski definition) is 2. The molecule has 0 aliphatic rings. The Balaban J connectivity index is 3.19. The summed E-state index contributed by atoms with van der Waals surface area (Å²) in [5.41, 5.74) is 0.583. The molecule has 3 heteroatoms. The zero-order chi connectivity index (χ0) is 7.56.